The Balaban J connectivity index is 1.22. The number of benzene rings is 4. The van der Waals surface area contributed by atoms with Gasteiger partial charge < -0.3 is 5.32 Å². The zero-order valence-electron chi connectivity index (χ0n) is 23.4. The lowest BCUT2D eigenvalue weighted by molar-refractivity contribution is -0.124. The number of Topliss-reactive ketones (excluding diaryl/α,β-unsaturated/α-hetero) is 1. The Kier molecular flexibility index (Phi) is 9.53. The lowest BCUT2D eigenvalue weighted by atomic mass is 10.1. The zero-order chi connectivity index (χ0) is 31.1. The molecule has 12 heteroatoms. The summed E-state index contributed by atoms with van der Waals surface area (Å²) >= 11 is 12.9. The van der Waals surface area contributed by atoms with Crippen LogP contribution in [0.25, 0.3) is 16.8 Å². The molecule has 44 heavy (non-hydrogen) atoms. The van der Waals surface area contributed by atoms with Crippen molar-refractivity contribution in [2.24, 2.45) is 20.5 Å². The third-order valence-corrected chi connectivity index (χ3v) is 6.99. The van der Waals surface area contributed by atoms with Crippen molar-refractivity contribution in [1.29, 1.82) is 0 Å². The monoisotopic (exact) mass is 625 g/mol. The van der Waals surface area contributed by atoms with Crippen molar-refractivity contribution in [3.63, 3.8) is 0 Å². The second kappa shape index (κ2) is 13.9. The first kappa shape index (κ1) is 30.3. The molecule has 5 aromatic rings. The second-order valence-electron chi connectivity index (χ2n) is 9.62. The first-order valence-corrected chi connectivity index (χ1v) is 14.2. The Morgan fingerprint density at radius 3 is 2.00 bits per heavy atom. The van der Waals surface area contributed by atoms with Gasteiger partial charge in [-0.05, 0) is 66.6 Å². The average molecular weight is 627 g/mol. The maximum Gasteiger partial charge on any atom is 0.299 e. The van der Waals surface area contributed by atoms with Gasteiger partial charge in [0.05, 0.1) is 27.8 Å². The number of aromatic amines is 1. The van der Waals surface area contributed by atoms with Crippen LogP contribution in [0.4, 0.5) is 22.7 Å². The topological polar surface area (TPSA) is 133 Å². The molecule has 1 aromatic heterocycles. The summed E-state index contributed by atoms with van der Waals surface area (Å²) in [7, 11) is 0. The molecule has 0 spiro atoms. The minimum absolute atomic E-state index is 0.183. The summed E-state index contributed by atoms with van der Waals surface area (Å²) in [4.78, 5) is 37.1. The van der Waals surface area contributed by atoms with Crippen LogP contribution in [0.2, 0.25) is 10.0 Å². The third kappa shape index (κ3) is 7.41. The molecule has 0 saturated carbocycles. The molecule has 1 amide bonds. The summed E-state index contributed by atoms with van der Waals surface area (Å²) in [6, 6.07) is 28.4. The highest BCUT2D eigenvalue weighted by atomic mass is 35.5. The Bertz CT molecular complexity index is 1940. The number of ketones is 1. The lowest BCUT2D eigenvalue weighted by Gasteiger charge is -2.06. The van der Waals surface area contributed by atoms with Crippen molar-refractivity contribution in [1.82, 2.24) is 9.78 Å². The Labute approximate surface area is 262 Å². The molecule has 5 rings (SSSR count). The molecule has 0 aliphatic carbocycles. The van der Waals surface area contributed by atoms with Gasteiger partial charge in [0.2, 0.25) is 5.91 Å². The standard InChI is InChI=1S/C32H25Cl2N7O3/c1-20-31(32(44)41(40-20)24-10-6-3-7-11-24)39-38-29-15-13-22(17-27(29)34)21-12-14-28(26(33)16-21)37-35-19-25(42)18-30(43)36-23-8-4-2-5-9-23/h2-17,40H,18-19H2,1H3,(H,36,43). The predicted octanol–water partition coefficient (Wildman–Crippen LogP) is 8.54. The number of para-hydroxylation sites is 2. The summed E-state index contributed by atoms with van der Waals surface area (Å²) in [5.74, 6) is -0.800. The Hall–Kier alpha value is -5.19. The first-order chi connectivity index (χ1) is 21.3. The number of anilines is 1. The van der Waals surface area contributed by atoms with Crippen LogP contribution in [0.5, 0.6) is 0 Å². The zero-order valence-corrected chi connectivity index (χ0v) is 24.9. The number of H-pyrrole nitrogens is 1. The molecule has 10 nitrogen and oxygen atoms in total. The SMILES string of the molecule is Cc1[nH]n(-c2ccccc2)c(=O)c1N=Nc1ccc(-c2ccc(N=NCC(=O)CC(=O)Nc3ccccc3)c(Cl)c2)cc1Cl. The summed E-state index contributed by atoms with van der Waals surface area (Å²) < 4.78 is 1.41. The maximum absolute atomic E-state index is 12.9. The molecule has 0 fully saturated rings. The summed E-state index contributed by atoms with van der Waals surface area (Å²) in [5.41, 5.74) is 4.02. The van der Waals surface area contributed by atoms with E-state index >= 15 is 0 Å². The molecule has 220 valence electrons. The van der Waals surface area contributed by atoms with Gasteiger partial charge in [-0.1, -0.05) is 71.7 Å². The average Bonchev–Trinajstić information content (AvgIpc) is 3.30. The van der Waals surface area contributed by atoms with E-state index < -0.39 is 5.91 Å². The van der Waals surface area contributed by atoms with Gasteiger partial charge in [-0.25, -0.2) is 4.68 Å². The summed E-state index contributed by atoms with van der Waals surface area (Å²) in [6.07, 6.45) is -0.312. The number of hydrogen-bond donors (Lipinski definition) is 2. The highest BCUT2D eigenvalue weighted by molar-refractivity contribution is 6.34. The van der Waals surface area contributed by atoms with Crippen LogP contribution in [-0.4, -0.2) is 28.0 Å². The van der Waals surface area contributed by atoms with E-state index in [1.54, 1.807) is 67.6 Å². The third-order valence-electron chi connectivity index (χ3n) is 6.38. The van der Waals surface area contributed by atoms with E-state index in [1.807, 2.05) is 36.4 Å². The van der Waals surface area contributed by atoms with E-state index in [4.69, 9.17) is 23.2 Å². The molecule has 0 atom stereocenters. The molecule has 4 aromatic carbocycles. The van der Waals surface area contributed by atoms with Crippen LogP contribution < -0.4 is 10.9 Å². The highest BCUT2D eigenvalue weighted by Crippen LogP contribution is 2.35. The van der Waals surface area contributed by atoms with Crippen molar-refractivity contribution < 1.29 is 9.59 Å². The number of aryl methyl sites for hydroxylation is 1. The molecule has 0 bridgehead atoms. The van der Waals surface area contributed by atoms with Crippen molar-refractivity contribution in [2.45, 2.75) is 13.3 Å². The number of azo groups is 2. The van der Waals surface area contributed by atoms with Crippen LogP contribution in [0.15, 0.2) is 122 Å². The number of halogens is 2. The Morgan fingerprint density at radius 2 is 1.39 bits per heavy atom. The van der Waals surface area contributed by atoms with Crippen molar-refractivity contribution in [3.05, 3.63) is 123 Å². The highest BCUT2D eigenvalue weighted by Gasteiger charge is 2.13. The minimum atomic E-state index is -0.420. The van der Waals surface area contributed by atoms with Crippen molar-refractivity contribution in [2.75, 3.05) is 11.9 Å². The van der Waals surface area contributed by atoms with E-state index in [0.717, 1.165) is 11.1 Å². The number of carbonyl (C=O) groups is 2. The van der Waals surface area contributed by atoms with Gasteiger partial charge >= 0.3 is 0 Å². The van der Waals surface area contributed by atoms with Crippen molar-refractivity contribution in [3.8, 4) is 16.8 Å². The van der Waals surface area contributed by atoms with Crippen LogP contribution in [0.3, 0.4) is 0 Å². The number of carbonyl (C=O) groups excluding carboxylic acids is 2. The quantitative estimate of drug-likeness (QED) is 0.119. The molecular formula is C32H25Cl2N7O3. The van der Waals surface area contributed by atoms with Gasteiger partial charge in [0.15, 0.2) is 11.5 Å². The number of nitrogens with zero attached hydrogens (tertiary/aromatic N) is 5. The molecule has 2 N–H and O–H groups in total. The molecule has 1 heterocycles. The number of aromatic nitrogens is 2. The van der Waals surface area contributed by atoms with Gasteiger partial charge in [-0.15, -0.1) is 10.2 Å². The smallest absolute Gasteiger partial charge is 0.299 e. The van der Waals surface area contributed by atoms with E-state index in [0.29, 0.717) is 38.5 Å². The molecule has 0 aliphatic rings. The molecule has 0 saturated heterocycles. The van der Waals surface area contributed by atoms with E-state index in [-0.39, 0.29) is 30.0 Å². The van der Waals surface area contributed by atoms with Gasteiger partial charge in [0, 0.05) is 5.69 Å². The fraction of sp³-hybridized carbons (Fsp3) is 0.0938. The van der Waals surface area contributed by atoms with Gasteiger partial charge in [-0.2, -0.15) is 10.2 Å². The normalized spacial score (nSPS) is 11.3. The lowest BCUT2D eigenvalue weighted by Crippen LogP contribution is -2.17. The summed E-state index contributed by atoms with van der Waals surface area (Å²) in [6.45, 7) is 1.49. The van der Waals surface area contributed by atoms with Gasteiger partial charge in [-0.3, -0.25) is 19.5 Å². The van der Waals surface area contributed by atoms with Gasteiger partial charge in [0.1, 0.15) is 17.9 Å². The number of rotatable bonds is 10. The van der Waals surface area contributed by atoms with E-state index in [1.165, 1.54) is 4.68 Å². The van der Waals surface area contributed by atoms with Crippen LogP contribution in [-0.2, 0) is 9.59 Å². The predicted molar refractivity (Wildman–Crippen MR) is 171 cm³/mol. The van der Waals surface area contributed by atoms with Crippen LogP contribution in [0.1, 0.15) is 12.1 Å². The van der Waals surface area contributed by atoms with Crippen LogP contribution in [0, 0.1) is 6.92 Å². The van der Waals surface area contributed by atoms with E-state index in [9.17, 15) is 14.4 Å². The minimum Gasteiger partial charge on any atom is -0.326 e. The first-order valence-electron chi connectivity index (χ1n) is 13.4. The molecule has 0 unspecified atom stereocenters. The molecule has 0 radical (unpaired) electrons. The maximum atomic E-state index is 12.9. The van der Waals surface area contributed by atoms with E-state index in [2.05, 4.69) is 30.9 Å². The van der Waals surface area contributed by atoms with Crippen molar-refractivity contribution >= 4 is 57.6 Å². The fourth-order valence-electron chi connectivity index (χ4n) is 4.21. The largest absolute Gasteiger partial charge is 0.326 e. The fourth-order valence-corrected chi connectivity index (χ4v) is 4.64. The van der Waals surface area contributed by atoms with Gasteiger partial charge in [0.25, 0.3) is 5.56 Å². The number of amides is 1. The van der Waals surface area contributed by atoms with Crippen LogP contribution >= 0.6 is 23.2 Å². The number of hydrogen-bond acceptors (Lipinski definition) is 7. The second-order valence-corrected chi connectivity index (χ2v) is 10.4. The Morgan fingerprint density at radius 1 is 0.795 bits per heavy atom. The number of nitrogens with one attached hydrogen (secondary N) is 2. The molecular weight excluding hydrogens is 601 g/mol. The molecule has 0 aliphatic heterocycles. The summed E-state index contributed by atoms with van der Waals surface area (Å²) in [5, 5.41) is 22.7.